The van der Waals surface area contributed by atoms with Gasteiger partial charge in [-0.2, -0.15) is 0 Å². The summed E-state index contributed by atoms with van der Waals surface area (Å²) in [6.07, 6.45) is 0. The SMILES string of the molecule is COc1ccc([C@H](CNCc2ccc(OC)cc2OC)N2CCOCC2)cc1. The van der Waals surface area contributed by atoms with E-state index in [4.69, 9.17) is 18.9 Å². The standard InChI is InChI=1S/C22H30N2O4/c1-25-19-7-4-17(5-8-19)21(24-10-12-28-13-11-24)16-23-15-18-6-9-20(26-2)14-22(18)27-3/h4-9,14,21,23H,10-13,15-16H2,1-3H3/t21-/m0/s1. The molecule has 152 valence electrons. The van der Waals surface area contributed by atoms with Crippen LogP contribution in [0.5, 0.6) is 17.2 Å². The summed E-state index contributed by atoms with van der Waals surface area (Å²) < 4.78 is 21.6. The van der Waals surface area contributed by atoms with Crippen molar-refractivity contribution in [3.8, 4) is 17.2 Å². The number of hydrogen-bond acceptors (Lipinski definition) is 6. The highest BCUT2D eigenvalue weighted by Crippen LogP contribution is 2.26. The van der Waals surface area contributed by atoms with Crippen LogP contribution in [0.4, 0.5) is 0 Å². The maximum Gasteiger partial charge on any atom is 0.127 e. The molecule has 0 aromatic heterocycles. The molecule has 2 aromatic carbocycles. The Morgan fingerprint density at radius 2 is 1.61 bits per heavy atom. The summed E-state index contributed by atoms with van der Waals surface area (Å²) >= 11 is 0. The van der Waals surface area contributed by atoms with Crippen LogP contribution < -0.4 is 19.5 Å². The van der Waals surface area contributed by atoms with Crippen molar-refractivity contribution in [3.05, 3.63) is 53.6 Å². The van der Waals surface area contributed by atoms with Gasteiger partial charge in [0, 0.05) is 43.9 Å². The predicted octanol–water partition coefficient (Wildman–Crippen LogP) is 2.88. The molecule has 0 spiro atoms. The Kier molecular flexibility index (Phi) is 7.54. The van der Waals surface area contributed by atoms with Gasteiger partial charge in [0.1, 0.15) is 17.2 Å². The van der Waals surface area contributed by atoms with Crippen LogP contribution in [0.25, 0.3) is 0 Å². The van der Waals surface area contributed by atoms with E-state index in [1.165, 1.54) is 5.56 Å². The van der Waals surface area contributed by atoms with E-state index in [2.05, 4.69) is 22.3 Å². The lowest BCUT2D eigenvalue weighted by Gasteiger charge is -2.35. The van der Waals surface area contributed by atoms with Gasteiger partial charge in [0.05, 0.1) is 34.5 Å². The van der Waals surface area contributed by atoms with E-state index in [0.29, 0.717) is 0 Å². The summed E-state index contributed by atoms with van der Waals surface area (Å²) in [5.41, 5.74) is 2.38. The molecule has 1 aliphatic rings. The molecule has 1 heterocycles. The Morgan fingerprint density at radius 1 is 0.929 bits per heavy atom. The molecule has 3 rings (SSSR count). The number of hydrogen-bond donors (Lipinski definition) is 1. The van der Waals surface area contributed by atoms with Crippen LogP contribution in [0.1, 0.15) is 17.2 Å². The second kappa shape index (κ2) is 10.3. The quantitative estimate of drug-likeness (QED) is 0.715. The molecule has 0 unspecified atom stereocenters. The molecule has 1 atom stereocenters. The number of nitrogens with zero attached hydrogens (tertiary/aromatic N) is 1. The second-order valence-corrected chi connectivity index (χ2v) is 6.75. The summed E-state index contributed by atoms with van der Waals surface area (Å²) in [7, 11) is 5.04. The maximum absolute atomic E-state index is 5.54. The van der Waals surface area contributed by atoms with Crippen molar-refractivity contribution in [2.75, 3.05) is 54.2 Å². The third kappa shape index (κ3) is 5.16. The minimum Gasteiger partial charge on any atom is -0.497 e. The number of benzene rings is 2. The van der Waals surface area contributed by atoms with Crippen LogP contribution in [0.15, 0.2) is 42.5 Å². The van der Waals surface area contributed by atoms with Gasteiger partial charge in [-0.15, -0.1) is 0 Å². The zero-order chi connectivity index (χ0) is 19.8. The lowest BCUT2D eigenvalue weighted by atomic mass is 10.0. The van der Waals surface area contributed by atoms with E-state index in [1.807, 2.05) is 30.3 Å². The molecule has 1 N–H and O–H groups in total. The summed E-state index contributed by atoms with van der Waals surface area (Å²) in [5, 5.41) is 3.60. The van der Waals surface area contributed by atoms with E-state index in [0.717, 1.165) is 62.2 Å². The summed E-state index contributed by atoms with van der Waals surface area (Å²) in [6.45, 7) is 4.98. The Morgan fingerprint density at radius 3 is 2.25 bits per heavy atom. The monoisotopic (exact) mass is 386 g/mol. The van der Waals surface area contributed by atoms with E-state index in [-0.39, 0.29) is 6.04 Å². The molecule has 6 nitrogen and oxygen atoms in total. The van der Waals surface area contributed by atoms with E-state index in [1.54, 1.807) is 21.3 Å². The largest absolute Gasteiger partial charge is 0.497 e. The van der Waals surface area contributed by atoms with Crippen LogP contribution >= 0.6 is 0 Å². The number of methoxy groups -OCH3 is 3. The van der Waals surface area contributed by atoms with Crippen LogP contribution in [0.3, 0.4) is 0 Å². The van der Waals surface area contributed by atoms with Crippen LogP contribution in [-0.4, -0.2) is 59.1 Å². The third-order valence-corrected chi connectivity index (χ3v) is 5.13. The lowest BCUT2D eigenvalue weighted by Crippen LogP contribution is -2.42. The van der Waals surface area contributed by atoms with E-state index >= 15 is 0 Å². The van der Waals surface area contributed by atoms with Crippen molar-refractivity contribution in [1.29, 1.82) is 0 Å². The molecule has 0 bridgehead atoms. The molecule has 28 heavy (non-hydrogen) atoms. The van der Waals surface area contributed by atoms with Gasteiger partial charge in [0.25, 0.3) is 0 Å². The zero-order valence-corrected chi connectivity index (χ0v) is 16.9. The van der Waals surface area contributed by atoms with Crippen molar-refractivity contribution in [3.63, 3.8) is 0 Å². The summed E-state index contributed by atoms with van der Waals surface area (Å²) in [5.74, 6) is 2.50. The van der Waals surface area contributed by atoms with Crippen molar-refractivity contribution in [1.82, 2.24) is 10.2 Å². The van der Waals surface area contributed by atoms with Crippen molar-refractivity contribution < 1.29 is 18.9 Å². The van der Waals surface area contributed by atoms with Crippen LogP contribution in [0.2, 0.25) is 0 Å². The summed E-state index contributed by atoms with van der Waals surface area (Å²) in [6, 6.07) is 14.5. The van der Waals surface area contributed by atoms with Crippen molar-refractivity contribution in [2.45, 2.75) is 12.6 Å². The normalized spacial score (nSPS) is 15.8. The maximum atomic E-state index is 5.54. The topological polar surface area (TPSA) is 52.2 Å². The van der Waals surface area contributed by atoms with E-state index < -0.39 is 0 Å². The fourth-order valence-electron chi connectivity index (χ4n) is 3.51. The highest BCUT2D eigenvalue weighted by molar-refractivity contribution is 5.40. The molecule has 0 saturated carbocycles. The number of morpholine rings is 1. The van der Waals surface area contributed by atoms with Crippen LogP contribution in [0, 0.1) is 0 Å². The van der Waals surface area contributed by atoms with Gasteiger partial charge in [-0.3, -0.25) is 4.90 Å². The fourth-order valence-corrected chi connectivity index (χ4v) is 3.51. The minimum absolute atomic E-state index is 0.277. The molecule has 1 saturated heterocycles. The van der Waals surface area contributed by atoms with Gasteiger partial charge in [-0.1, -0.05) is 18.2 Å². The van der Waals surface area contributed by atoms with Gasteiger partial charge in [0.2, 0.25) is 0 Å². The first-order valence-electron chi connectivity index (χ1n) is 9.62. The Labute approximate surface area is 167 Å². The van der Waals surface area contributed by atoms with Gasteiger partial charge in [0.15, 0.2) is 0 Å². The van der Waals surface area contributed by atoms with E-state index in [9.17, 15) is 0 Å². The Bertz CT molecular complexity index is 730. The second-order valence-electron chi connectivity index (χ2n) is 6.75. The average molecular weight is 386 g/mol. The molecule has 2 aromatic rings. The number of ether oxygens (including phenoxy) is 4. The fraction of sp³-hybridized carbons (Fsp3) is 0.455. The first-order chi connectivity index (χ1) is 13.7. The Balaban J connectivity index is 1.69. The number of rotatable bonds is 9. The molecule has 1 fully saturated rings. The van der Waals surface area contributed by atoms with Gasteiger partial charge in [-0.05, 0) is 23.8 Å². The van der Waals surface area contributed by atoms with Gasteiger partial charge in [-0.25, -0.2) is 0 Å². The average Bonchev–Trinajstić information content (AvgIpc) is 2.77. The van der Waals surface area contributed by atoms with Gasteiger partial charge >= 0.3 is 0 Å². The predicted molar refractivity (Wildman–Crippen MR) is 109 cm³/mol. The molecular weight excluding hydrogens is 356 g/mol. The summed E-state index contributed by atoms with van der Waals surface area (Å²) in [4.78, 5) is 2.48. The van der Waals surface area contributed by atoms with Crippen molar-refractivity contribution in [2.24, 2.45) is 0 Å². The highest BCUT2D eigenvalue weighted by Gasteiger charge is 2.22. The highest BCUT2D eigenvalue weighted by atomic mass is 16.5. The minimum atomic E-state index is 0.277. The first-order valence-corrected chi connectivity index (χ1v) is 9.62. The molecule has 0 amide bonds. The molecular formula is C22H30N2O4. The lowest BCUT2D eigenvalue weighted by molar-refractivity contribution is 0.0161. The molecule has 0 aliphatic carbocycles. The molecule has 0 radical (unpaired) electrons. The molecule has 1 aliphatic heterocycles. The van der Waals surface area contributed by atoms with Crippen molar-refractivity contribution >= 4 is 0 Å². The molecule has 6 heteroatoms. The van der Waals surface area contributed by atoms with Gasteiger partial charge < -0.3 is 24.3 Å². The van der Waals surface area contributed by atoms with Crippen LogP contribution in [-0.2, 0) is 11.3 Å². The number of nitrogens with one attached hydrogen (secondary N) is 1. The first kappa shape index (κ1) is 20.5. The third-order valence-electron chi connectivity index (χ3n) is 5.13. The smallest absolute Gasteiger partial charge is 0.127 e. The Hall–Kier alpha value is -2.28. The zero-order valence-electron chi connectivity index (χ0n) is 16.9.